The van der Waals surface area contributed by atoms with Crippen LogP contribution in [0.1, 0.15) is 19.8 Å². The Hall–Kier alpha value is 2.54. The molecule has 0 saturated heterocycles. The number of rotatable bonds is 2. The monoisotopic (exact) mass is 190 g/mol. The van der Waals surface area contributed by atoms with Gasteiger partial charge in [-0.15, -0.1) is 0 Å². The van der Waals surface area contributed by atoms with Crippen LogP contribution in [0.2, 0.25) is 0 Å². The van der Waals surface area contributed by atoms with Gasteiger partial charge in [0.25, 0.3) is 0 Å². The van der Waals surface area contributed by atoms with E-state index < -0.39 is 0 Å². The Morgan fingerprint density at radius 3 is 1.44 bits per heavy atom. The molecular weight excluding hydrogens is 181 g/mol. The topological polar surface area (TPSA) is 20.2 Å². The molecule has 48 valence electrons. The molecule has 0 aromatic rings. The Balaban J connectivity index is -0.0000000133. The van der Waals surface area contributed by atoms with Gasteiger partial charge in [0, 0.05) is 6.61 Å². The van der Waals surface area contributed by atoms with Gasteiger partial charge >= 0.3 is 59.1 Å². The third-order valence-electron chi connectivity index (χ3n) is 0.512. The smallest absolute Gasteiger partial charge is 1.00 e. The van der Waals surface area contributed by atoms with Crippen LogP contribution in [0.3, 0.4) is 0 Å². The number of halogens is 2. The average Bonchev–Trinajstić information content (AvgIpc) is 1.41. The molecule has 0 heterocycles. The van der Waals surface area contributed by atoms with Gasteiger partial charge in [0.2, 0.25) is 0 Å². The van der Waals surface area contributed by atoms with E-state index in [2.05, 4.69) is 6.92 Å². The molecule has 5 heteroatoms. The molecule has 0 aliphatic heterocycles. The first-order valence-corrected chi connectivity index (χ1v) is 2.02. The Morgan fingerprint density at radius 1 is 1.11 bits per heavy atom. The summed E-state index contributed by atoms with van der Waals surface area (Å²) in [5.41, 5.74) is 0. The normalized spacial score (nSPS) is 4.67. The Bertz CT molecular complexity index is 24.0. The summed E-state index contributed by atoms with van der Waals surface area (Å²) in [6.07, 6.45) is 2.04. The third-order valence-corrected chi connectivity index (χ3v) is 0.512. The first-order chi connectivity index (χ1) is 2.41. The van der Waals surface area contributed by atoms with E-state index in [0.717, 1.165) is 12.8 Å². The van der Waals surface area contributed by atoms with Crippen LogP contribution in [0.15, 0.2) is 0 Å². The molecule has 0 aliphatic rings. The first-order valence-electron chi connectivity index (χ1n) is 2.02. The van der Waals surface area contributed by atoms with E-state index in [9.17, 15) is 0 Å². The van der Waals surface area contributed by atoms with Crippen molar-refractivity contribution < 1.29 is 89.0 Å². The molecule has 0 radical (unpaired) electrons. The number of hydrogen-bond donors (Lipinski definition) is 1. The minimum absolute atomic E-state index is 0. The zero-order chi connectivity index (χ0) is 4.12. The quantitative estimate of drug-likeness (QED) is 0.430. The fourth-order valence-corrected chi connectivity index (χ4v) is 0.158. The maximum Gasteiger partial charge on any atom is 1.00 e. The molecule has 0 rings (SSSR count). The Kier molecular flexibility index (Phi) is 104. The van der Waals surface area contributed by atoms with Crippen molar-refractivity contribution in [3.8, 4) is 0 Å². The van der Waals surface area contributed by atoms with Crippen LogP contribution in [-0.4, -0.2) is 11.7 Å². The van der Waals surface area contributed by atoms with E-state index in [-0.39, 0.29) is 83.9 Å². The van der Waals surface area contributed by atoms with Crippen LogP contribution in [0.5, 0.6) is 0 Å². The zero-order valence-corrected chi connectivity index (χ0v) is 11.8. The minimum Gasteiger partial charge on any atom is -1.00 e. The van der Waals surface area contributed by atoms with E-state index in [1.54, 1.807) is 0 Å². The predicted octanol–water partition coefficient (Wildman–Crippen LogP) is -11.2. The van der Waals surface area contributed by atoms with Gasteiger partial charge in [0.1, 0.15) is 0 Å². The number of unbranched alkanes of at least 4 members (excludes halogenated alkanes) is 1. The molecule has 0 aromatic heterocycles. The Morgan fingerprint density at radius 2 is 1.44 bits per heavy atom. The van der Waals surface area contributed by atoms with Crippen molar-refractivity contribution >= 4 is 0 Å². The largest absolute Gasteiger partial charge is 1.00 e. The van der Waals surface area contributed by atoms with E-state index >= 15 is 0 Å². The van der Waals surface area contributed by atoms with Crippen molar-refractivity contribution in [3.05, 3.63) is 0 Å². The molecule has 0 unspecified atom stereocenters. The van der Waals surface area contributed by atoms with Crippen molar-refractivity contribution in [1.29, 1.82) is 0 Å². The van der Waals surface area contributed by atoms with Crippen LogP contribution in [0.25, 0.3) is 0 Å². The van der Waals surface area contributed by atoms with Crippen LogP contribution in [-0.2, 0) is 0 Å². The summed E-state index contributed by atoms with van der Waals surface area (Å²) in [6.45, 7) is 2.40. The molecule has 0 bridgehead atoms. The standard InChI is InChI=1S/C4H10O.2ClH.2Na/c1-2-3-4-5;;;;/h5H,2-4H2,1H3;2*1H;;/q;;;2*+1/p-2. The van der Waals surface area contributed by atoms with Crippen molar-refractivity contribution in [3.63, 3.8) is 0 Å². The van der Waals surface area contributed by atoms with E-state index in [1.807, 2.05) is 0 Å². The van der Waals surface area contributed by atoms with Gasteiger partial charge in [0.15, 0.2) is 0 Å². The van der Waals surface area contributed by atoms with Crippen LogP contribution >= 0.6 is 0 Å². The molecule has 0 spiro atoms. The van der Waals surface area contributed by atoms with E-state index in [0.29, 0.717) is 6.61 Å². The zero-order valence-electron chi connectivity index (χ0n) is 6.32. The molecule has 0 saturated carbocycles. The predicted molar refractivity (Wildman–Crippen MR) is 22.0 cm³/mol. The van der Waals surface area contributed by atoms with Gasteiger partial charge in [-0.2, -0.15) is 0 Å². The van der Waals surface area contributed by atoms with E-state index in [1.165, 1.54) is 0 Å². The third kappa shape index (κ3) is 37.3. The van der Waals surface area contributed by atoms with Crippen molar-refractivity contribution in [2.45, 2.75) is 19.8 Å². The van der Waals surface area contributed by atoms with Crippen molar-refractivity contribution in [2.75, 3.05) is 6.61 Å². The van der Waals surface area contributed by atoms with Crippen LogP contribution in [0, 0.1) is 0 Å². The van der Waals surface area contributed by atoms with Gasteiger partial charge in [-0.05, 0) is 6.42 Å². The number of aliphatic hydroxyl groups excluding tert-OH is 1. The number of hydrogen-bond acceptors (Lipinski definition) is 1. The fourth-order valence-electron chi connectivity index (χ4n) is 0.158. The van der Waals surface area contributed by atoms with Gasteiger partial charge in [-0.1, -0.05) is 13.3 Å². The van der Waals surface area contributed by atoms with Crippen molar-refractivity contribution in [2.24, 2.45) is 0 Å². The molecule has 0 amide bonds. The summed E-state index contributed by atoms with van der Waals surface area (Å²) in [5, 5.41) is 8.07. The van der Waals surface area contributed by atoms with Gasteiger partial charge in [-0.25, -0.2) is 0 Å². The Labute approximate surface area is 114 Å². The van der Waals surface area contributed by atoms with Gasteiger partial charge in [0.05, 0.1) is 0 Å². The summed E-state index contributed by atoms with van der Waals surface area (Å²) in [4.78, 5) is 0. The molecule has 1 N–H and O–H groups in total. The number of aliphatic hydroxyl groups is 1. The second-order valence-electron chi connectivity index (χ2n) is 1.08. The van der Waals surface area contributed by atoms with E-state index in [4.69, 9.17) is 5.11 Å². The summed E-state index contributed by atoms with van der Waals surface area (Å²) in [6, 6.07) is 0. The second-order valence-corrected chi connectivity index (χ2v) is 1.08. The molecule has 0 atom stereocenters. The summed E-state index contributed by atoms with van der Waals surface area (Å²) in [7, 11) is 0. The SMILES string of the molecule is CCCCO.[Cl-].[Cl-].[Na+].[Na+]. The summed E-state index contributed by atoms with van der Waals surface area (Å²) >= 11 is 0. The molecule has 0 aliphatic carbocycles. The molecule has 1 nitrogen and oxygen atoms in total. The molecule has 9 heavy (non-hydrogen) atoms. The summed E-state index contributed by atoms with van der Waals surface area (Å²) in [5.74, 6) is 0. The maximum absolute atomic E-state index is 8.07. The second kappa shape index (κ2) is 31.3. The summed E-state index contributed by atoms with van der Waals surface area (Å²) < 4.78 is 0. The van der Waals surface area contributed by atoms with Gasteiger partial charge in [-0.3, -0.25) is 0 Å². The van der Waals surface area contributed by atoms with Gasteiger partial charge < -0.3 is 29.9 Å². The fraction of sp³-hybridized carbons (Fsp3) is 1.00. The van der Waals surface area contributed by atoms with Crippen molar-refractivity contribution in [1.82, 2.24) is 0 Å². The molecule has 0 aromatic carbocycles. The van der Waals surface area contributed by atoms with Crippen LogP contribution in [0.4, 0.5) is 0 Å². The first kappa shape index (κ1) is 30.0. The molecule has 0 fully saturated rings. The van der Waals surface area contributed by atoms with Crippen LogP contribution < -0.4 is 83.9 Å². The minimum atomic E-state index is 0. The molecular formula is C4H10Cl2Na2O. The maximum atomic E-state index is 8.07. The average molecular weight is 191 g/mol.